The number of benzene rings is 1. The van der Waals surface area contributed by atoms with Gasteiger partial charge in [0.05, 0.1) is 0 Å². The SMILES string of the molecule is CCCC(NC(CCO)C(C)(C)C)c1ccc(Cl)cc1. The lowest BCUT2D eigenvalue weighted by atomic mass is 9.83. The zero-order chi connectivity index (χ0) is 15.2. The maximum absolute atomic E-state index is 9.29. The Labute approximate surface area is 128 Å². The van der Waals surface area contributed by atoms with Gasteiger partial charge in [-0.15, -0.1) is 0 Å². The molecule has 0 aliphatic rings. The standard InChI is InChI=1S/C17H28ClNO/c1-5-6-15(13-7-9-14(18)10-8-13)19-16(11-12-20)17(2,3)4/h7-10,15-16,19-20H,5-6,11-12H2,1-4H3. The first-order valence-electron chi connectivity index (χ1n) is 7.50. The molecule has 2 atom stereocenters. The van der Waals surface area contributed by atoms with Crippen molar-refractivity contribution < 1.29 is 5.11 Å². The average Bonchev–Trinajstić information content (AvgIpc) is 2.37. The molecule has 0 amide bonds. The van der Waals surface area contributed by atoms with Gasteiger partial charge >= 0.3 is 0 Å². The molecule has 0 radical (unpaired) electrons. The molecule has 0 aliphatic carbocycles. The second-order valence-electron chi connectivity index (χ2n) is 6.49. The Bertz CT molecular complexity index is 383. The Kier molecular flexibility index (Phi) is 7.01. The number of aliphatic hydroxyl groups is 1. The molecule has 0 heterocycles. The monoisotopic (exact) mass is 297 g/mol. The largest absolute Gasteiger partial charge is 0.396 e. The first kappa shape index (κ1) is 17.5. The summed E-state index contributed by atoms with van der Waals surface area (Å²) in [4.78, 5) is 0. The highest BCUT2D eigenvalue weighted by Crippen LogP contribution is 2.27. The zero-order valence-electron chi connectivity index (χ0n) is 13.1. The molecule has 2 nitrogen and oxygen atoms in total. The third-order valence-electron chi connectivity index (χ3n) is 3.72. The van der Waals surface area contributed by atoms with E-state index in [9.17, 15) is 5.11 Å². The van der Waals surface area contributed by atoms with Crippen molar-refractivity contribution in [3.63, 3.8) is 0 Å². The van der Waals surface area contributed by atoms with Crippen LogP contribution in [0, 0.1) is 5.41 Å². The molecule has 0 saturated heterocycles. The molecule has 0 aromatic heterocycles. The summed E-state index contributed by atoms with van der Waals surface area (Å²) in [6, 6.07) is 8.68. The van der Waals surface area contributed by atoms with Gasteiger partial charge in [-0.3, -0.25) is 0 Å². The third-order valence-corrected chi connectivity index (χ3v) is 3.97. The number of hydrogen-bond donors (Lipinski definition) is 2. The molecule has 1 rings (SSSR count). The summed E-state index contributed by atoms with van der Waals surface area (Å²) in [5, 5.41) is 13.8. The Balaban J connectivity index is 2.87. The summed E-state index contributed by atoms with van der Waals surface area (Å²) < 4.78 is 0. The average molecular weight is 298 g/mol. The van der Waals surface area contributed by atoms with Crippen molar-refractivity contribution in [1.82, 2.24) is 5.32 Å². The van der Waals surface area contributed by atoms with Crippen LogP contribution in [0.2, 0.25) is 5.02 Å². The molecule has 3 heteroatoms. The van der Waals surface area contributed by atoms with E-state index < -0.39 is 0 Å². The van der Waals surface area contributed by atoms with E-state index in [-0.39, 0.29) is 12.0 Å². The highest BCUT2D eigenvalue weighted by atomic mass is 35.5. The van der Waals surface area contributed by atoms with Crippen LogP contribution < -0.4 is 5.32 Å². The van der Waals surface area contributed by atoms with Crippen LogP contribution in [0.5, 0.6) is 0 Å². The van der Waals surface area contributed by atoms with Gasteiger partial charge in [0.15, 0.2) is 0 Å². The topological polar surface area (TPSA) is 32.3 Å². The molecule has 0 fully saturated rings. The maximum atomic E-state index is 9.29. The van der Waals surface area contributed by atoms with Gasteiger partial charge in [-0.2, -0.15) is 0 Å². The van der Waals surface area contributed by atoms with Crippen molar-refractivity contribution in [3.8, 4) is 0 Å². The van der Waals surface area contributed by atoms with E-state index in [2.05, 4.69) is 45.1 Å². The molecule has 1 aromatic carbocycles. The quantitative estimate of drug-likeness (QED) is 0.773. The van der Waals surface area contributed by atoms with Crippen molar-refractivity contribution in [2.75, 3.05) is 6.61 Å². The van der Waals surface area contributed by atoms with Crippen molar-refractivity contribution >= 4 is 11.6 Å². The minimum Gasteiger partial charge on any atom is -0.396 e. The van der Waals surface area contributed by atoms with Crippen molar-refractivity contribution in [1.29, 1.82) is 0 Å². The normalized spacial score (nSPS) is 15.1. The number of halogens is 1. The number of nitrogens with one attached hydrogen (secondary N) is 1. The van der Waals surface area contributed by atoms with Crippen LogP contribution in [-0.2, 0) is 0 Å². The summed E-state index contributed by atoms with van der Waals surface area (Å²) >= 11 is 5.97. The minimum atomic E-state index is 0.126. The molecule has 0 aliphatic heterocycles. The third kappa shape index (κ3) is 5.43. The fourth-order valence-electron chi connectivity index (χ4n) is 2.47. The molecule has 2 unspecified atom stereocenters. The van der Waals surface area contributed by atoms with Gasteiger partial charge in [0.2, 0.25) is 0 Å². The Morgan fingerprint density at radius 1 is 1.15 bits per heavy atom. The van der Waals surface area contributed by atoms with Crippen molar-refractivity contribution in [2.45, 2.75) is 59.0 Å². The van der Waals surface area contributed by atoms with Gasteiger partial charge < -0.3 is 10.4 Å². The lowest BCUT2D eigenvalue weighted by Crippen LogP contribution is -2.43. The van der Waals surface area contributed by atoms with Crippen molar-refractivity contribution in [2.24, 2.45) is 5.41 Å². The lowest BCUT2D eigenvalue weighted by Gasteiger charge is -2.35. The van der Waals surface area contributed by atoms with Gasteiger partial charge in [0, 0.05) is 23.7 Å². The molecule has 0 saturated carbocycles. The lowest BCUT2D eigenvalue weighted by molar-refractivity contribution is 0.183. The highest BCUT2D eigenvalue weighted by molar-refractivity contribution is 6.30. The predicted octanol–water partition coefficient (Wildman–Crippen LogP) is 4.57. The number of hydrogen-bond acceptors (Lipinski definition) is 2. The second kappa shape index (κ2) is 8.02. The fraction of sp³-hybridized carbons (Fsp3) is 0.647. The molecular formula is C17H28ClNO. The van der Waals surface area contributed by atoms with Crippen LogP contribution >= 0.6 is 11.6 Å². The fourth-order valence-corrected chi connectivity index (χ4v) is 2.59. The van der Waals surface area contributed by atoms with E-state index in [0.29, 0.717) is 12.1 Å². The van der Waals surface area contributed by atoms with Gasteiger partial charge in [0.1, 0.15) is 0 Å². The van der Waals surface area contributed by atoms with Gasteiger partial charge in [-0.25, -0.2) is 0 Å². The van der Waals surface area contributed by atoms with E-state index in [4.69, 9.17) is 11.6 Å². The van der Waals surface area contributed by atoms with E-state index in [0.717, 1.165) is 24.3 Å². The molecule has 0 bridgehead atoms. The van der Waals surface area contributed by atoms with Crippen LogP contribution in [-0.4, -0.2) is 17.8 Å². The number of aliphatic hydroxyl groups excluding tert-OH is 1. The molecule has 20 heavy (non-hydrogen) atoms. The minimum absolute atomic E-state index is 0.126. The summed E-state index contributed by atoms with van der Waals surface area (Å²) in [6.07, 6.45) is 2.98. The number of rotatable bonds is 7. The van der Waals surface area contributed by atoms with E-state index in [1.165, 1.54) is 5.56 Å². The zero-order valence-corrected chi connectivity index (χ0v) is 13.9. The first-order valence-corrected chi connectivity index (χ1v) is 7.88. The van der Waals surface area contributed by atoms with E-state index in [1.54, 1.807) is 0 Å². The van der Waals surface area contributed by atoms with Crippen molar-refractivity contribution in [3.05, 3.63) is 34.9 Å². The summed E-state index contributed by atoms with van der Waals surface area (Å²) in [6.45, 7) is 9.05. The van der Waals surface area contributed by atoms with Crippen LogP contribution in [0.4, 0.5) is 0 Å². The summed E-state index contributed by atoms with van der Waals surface area (Å²) in [5.74, 6) is 0. The molecule has 1 aromatic rings. The van der Waals surface area contributed by atoms with Gasteiger partial charge in [-0.1, -0.05) is 57.8 Å². The van der Waals surface area contributed by atoms with E-state index in [1.807, 2.05) is 12.1 Å². The van der Waals surface area contributed by atoms with Crippen LogP contribution in [0.25, 0.3) is 0 Å². The van der Waals surface area contributed by atoms with Gasteiger partial charge in [0.25, 0.3) is 0 Å². The predicted molar refractivity (Wildman–Crippen MR) is 87.2 cm³/mol. The van der Waals surface area contributed by atoms with Gasteiger partial charge in [-0.05, 0) is 36.0 Å². The Morgan fingerprint density at radius 3 is 2.20 bits per heavy atom. The summed E-state index contributed by atoms with van der Waals surface area (Å²) in [7, 11) is 0. The maximum Gasteiger partial charge on any atom is 0.0446 e. The molecular weight excluding hydrogens is 270 g/mol. The molecule has 114 valence electrons. The second-order valence-corrected chi connectivity index (χ2v) is 6.93. The summed E-state index contributed by atoms with van der Waals surface area (Å²) in [5.41, 5.74) is 1.39. The smallest absolute Gasteiger partial charge is 0.0446 e. The Hall–Kier alpha value is -0.570. The highest BCUT2D eigenvalue weighted by Gasteiger charge is 2.26. The Morgan fingerprint density at radius 2 is 1.75 bits per heavy atom. The van der Waals surface area contributed by atoms with Crippen LogP contribution in [0.15, 0.2) is 24.3 Å². The van der Waals surface area contributed by atoms with E-state index >= 15 is 0 Å². The first-order chi connectivity index (χ1) is 9.38. The molecule has 0 spiro atoms. The molecule has 2 N–H and O–H groups in total. The van der Waals surface area contributed by atoms with Crippen LogP contribution in [0.1, 0.15) is 58.6 Å². The van der Waals surface area contributed by atoms with Crippen LogP contribution in [0.3, 0.4) is 0 Å².